The van der Waals surface area contributed by atoms with E-state index >= 15 is 0 Å². The summed E-state index contributed by atoms with van der Waals surface area (Å²) in [6.07, 6.45) is 0. The smallest absolute Gasteiger partial charge is 0.301 e. The molecule has 1 saturated heterocycles. The summed E-state index contributed by atoms with van der Waals surface area (Å²) in [5.41, 5.74) is 1.34. The Morgan fingerprint density at radius 3 is 2.42 bits per heavy atom. The molecule has 7 nitrogen and oxygen atoms in total. The molecule has 1 aliphatic heterocycles. The molecule has 1 aromatic heterocycles. The molecule has 1 N–H and O–H groups in total. The van der Waals surface area contributed by atoms with Gasteiger partial charge in [0.05, 0.1) is 35.5 Å². The van der Waals surface area contributed by atoms with Crippen LogP contribution in [0.4, 0.5) is 9.52 Å². The number of hydrogen-bond acceptors (Lipinski definition) is 7. The van der Waals surface area contributed by atoms with Gasteiger partial charge < -0.3 is 14.6 Å². The zero-order chi connectivity index (χ0) is 25.4. The summed E-state index contributed by atoms with van der Waals surface area (Å²) < 4.78 is 25.1. The maximum Gasteiger partial charge on any atom is 0.301 e. The third kappa shape index (κ3) is 4.07. The van der Waals surface area contributed by atoms with E-state index in [0.717, 1.165) is 4.70 Å². The number of aliphatic hydroxyl groups is 1. The van der Waals surface area contributed by atoms with Crippen LogP contribution in [0.15, 0.2) is 72.3 Å². The summed E-state index contributed by atoms with van der Waals surface area (Å²) in [6.45, 7) is 2.39. The number of anilines is 1. The Hall–Kier alpha value is -4.24. The zero-order valence-corrected chi connectivity index (χ0v) is 20.2. The predicted octanol–water partition coefficient (Wildman–Crippen LogP) is 5.47. The number of benzene rings is 3. The molecule has 182 valence electrons. The Bertz CT molecular complexity index is 1500. The highest BCUT2D eigenvalue weighted by Gasteiger charge is 2.48. The molecule has 1 atom stereocenters. The first-order valence-corrected chi connectivity index (χ1v) is 12.0. The van der Waals surface area contributed by atoms with E-state index in [1.165, 1.54) is 47.6 Å². The largest absolute Gasteiger partial charge is 0.507 e. The molecule has 2 heterocycles. The maximum atomic E-state index is 13.5. The van der Waals surface area contributed by atoms with Crippen molar-refractivity contribution in [2.45, 2.75) is 13.0 Å². The van der Waals surface area contributed by atoms with E-state index in [9.17, 15) is 19.1 Å². The molecular formula is C27H21FN2O5S. The fourth-order valence-corrected chi connectivity index (χ4v) is 5.17. The van der Waals surface area contributed by atoms with Gasteiger partial charge in [-0.15, -0.1) is 0 Å². The number of halogens is 1. The molecule has 3 aromatic carbocycles. The number of thiazole rings is 1. The number of aromatic nitrogens is 1. The van der Waals surface area contributed by atoms with Gasteiger partial charge in [-0.05, 0) is 67.1 Å². The number of nitrogens with zero attached hydrogens (tertiary/aromatic N) is 2. The molecular weight excluding hydrogens is 483 g/mol. The molecule has 9 heteroatoms. The topological polar surface area (TPSA) is 89.0 Å². The third-order valence-electron chi connectivity index (χ3n) is 5.86. The van der Waals surface area contributed by atoms with Crippen molar-refractivity contribution in [2.75, 3.05) is 18.6 Å². The Morgan fingerprint density at radius 1 is 1.06 bits per heavy atom. The molecule has 0 radical (unpaired) electrons. The van der Waals surface area contributed by atoms with Gasteiger partial charge in [0.2, 0.25) is 0 Å². The normalized spacial score (nSPS) is 17.1. The Balaban J connectivity index is 1.68. The van der Waals surface area contributed by atoms with Crippen LogP contribution in [0.2, 0.25) is 0 Å². The average Bonchev–Trinajstić information content (AvgIpc) is 3.42. The number of carbonyl (C=O) groups excluding carboxylic acids is 2. The lowest BCUT2D eigenvalue weighted by Gasteiger charge is -2.23. The van der Waals surface area contributed by atoms with Gasteiger partial charge in [-0.3, -0.25) is 14.5 Å². The summed E-state index contributed by atoms with van der Waals surface area (Å²) in [7, 11) is 1.53. The first kappa shape index (κ1) is 23.5. The molecule has 0 saturated carbocycles. The predicted molar refractivity (Wildman–Crippen MR) is 135 cm³/mol. The second kappa shape index (κ2) is 9.43. The van der Waals surface area contributed by atoms with Crippen molar-refractivity contribution in [1.82, 2.24) is 4.98 Å². The van der Waals surface area contributed by atoms with Crippen molar-refractivity contribution in [3.8, 4) is 11.5 Å². The Labute approximate surface area is 210 Å². The summed E-state index contributed by atoms with van der Waals surface area (Å²) in [5, 5.41) is 11.4. The number of rotatable bonds is 6. The number of ether oxygens (including phenoxy) is 2. The number of methoxy groups -OCH3 is 1. The molecule has 5 rings (SSSR count). The first-order valence-electron chi connectivity index (χ1n) is 11.2. The van der Waals surface area contributed by atoms with Crippen LogP contribution in [-0.4, -0.2) is 35.5 Å². The fraction of sp³-hybridized carbons (Fsp3) is 0.148. The molecule has 0 bridgehead atoms. The van der Waals surface area contributed by atoms with Crippen LogP contribution in [0.1, 0.15) is 24.1 Å². The highest BCUT2D eigenvalue weighted by molar-refractivity contribution is 7.22. The van der Waals surface area contributed by atoms with Crippen LogP contribution in [0, 0.1) is 5.82 Å². The van der Waals surface area contributed by atoms with Crippen molar-refractivity contribution in [3.63, 3.8) is 0 Å². The lowest BCUT2D eigenvalue weighted by Crippen LogP contribution is -2.29. The van der Waals surface area contributed by atoms with Crippen molar-refractivity contribution >= 4 is 44.1 Å². The van der Waals surface area contributed by atoms with E-state index in [1.54, 1.807) is 36.4 Å². The van der Waals surface area contributed by atoms with Crippen LogP contribution in [0.3, 0.4) is 0 Å². The summed E-state index contributed by atoms with van der Waals surface area (Å²) in [4.78, 5) is 32.5. The number of Topliss-reactive ketones (excluding diaryl/α,β-unsaturated/α-hetero) is 1. The van der Waals surface area contributed by atoms with E-state index in [-0.39, 0.29) is 11.1 Å². The van der Waals surface area contributed by atoms with Crippen molar-refractivity contribution in [1.29, 1.82) is 0 Å². The molecule has 1 amide bonds. The average molecular weight is 505 g/mol. The second-order valence-electron chi connectivity index (χ2n) is 8.01. The molecule has 0 spiro atoms. The molecule has 0 unspecified atom stereocenters. The fourth-order valence-electron chi connectivity index (χ4n) is 4.15. The van der Waals surface area contributed by atoms with Gasteiger partial charge >= 0.3 is 5.91 Å². The summed E-state index contributed by atoms with van der Waals surface area (Å²) in [5.74, 6) is -1.28. The van der Waals surface area contributed by atoms with E-state index in [1.807, 2.05) is 13.0 Å². The van der Waals surface area contributed by atoms with Crippen LogP contribution in [-0.2, 0) is 9.59 Å². The lowest BCUT2D eigenvalue weighted by atomic mass is 9.95. The quantitative estimate of drug-likeness (QED) is 0.213. The molecule has 4 aromatic rings. The lowest BCUT2D eigenvalue weighted by molar-refractivity contribution is -0.132. The highest BCUT2D eigenvalue weighted by Crippen LogP contribution is 2.44. The van der Waals surface area contributed by atoms with Gasteiger partial charge in [0.15, 0.2) is 5.13 Å². The van der Waals surface area contributed by atoms with Gasteiger partial charge in [-0.25, -0.2) is 9.37 Å². The van der Waals surface area contributed by atoms with Crippen molar-refractivity contribution < 1.29 is 28.6 Å². The van der Waals surface area contributed by atoms with Crippen LogP contribution in [0.5, 0.6) is 11.5 Å². The maximum absolute atomic E-state index is 13.5. The van der Waals surface area contributed by atoms with E-state index in [0.29, 0.717) is 34.3 Å². The number of hydrogen-bond donors (Lipinski definition) is 1. The minimum atomic E-state index is -0.951. The Kier molecular flexibility index (Phi) is 6.15. The minimum Gasteiger partial charge on any atom is -0.507 e. The summed E-state index contributed by atoms with van der Waals surface area (Å²) in [6, 6.07) is 16.4. The number of carbonyl (C=O) groups is 2. The SMILES string of the molecule is CCOc1ccc2nc(N3C(=O)C(=O)/C(=C(/O)c4ccc(F)cc4)[C@H]3c3ccc(OC)cc3)sc2c1. The number of fused-ring (bicyclic) bond motifs is 1. The van der Waals surface area contributed by atoms with Gasteiger partial charge in [-0.1, -0.05) is 23.5 Å². The van der Waals surface area contributed by atoms with E-state index in [2.05, 4.69) is 4.98 Å². The number of amides is 1. The molecule has 0 aliphatic carbocycles. The van der Waals surface area contributed by atoms with Crippen molar-refractivity contribution in [2.24, 2.45) is 0 Å². The first-order chi connectivity index (χ1) is 17.4. The monoisotopic (exact) mass is 504 g/mol. The number of ketones is 1. The highest BCUT2D eigenvalue weighted by atomic mass is 32.1. The molecule has 1 aliphatic rings. The van der Waals surface area contributed by atoms with Crippen LogP contribution >= 0.6 is 11.3 Å². The van der Waals surface area contributed by atoms with Gasteiger partial charge in [-0.2, -0.15) is 0 Å². The summed E-state index contributed by atoms with van der Waals surface area (Å²) >= 11 is 1.24. The number of aliphatic hydroxyl groups excluding tert-OH is 1. The Morgan fingerprint density at radius 2 is 1.75 bits per heavy atom. The van der Waals surface area contributed by atoms with Gasteiger partial charge in [0, 0.05) is 5.56 Å². The van der Waals surface area contributed by atoms with Crippen molar-refractivity contribution in [3.05, 3.63) is 89.2 Å². The minimum absolute atomic E-state index is 0.106. The van der Waals surface area contributed by atoms with Crippen LogP contribution < -0.4 is 14.4 Å². The van der Waals surface area contributed by atoms with E-state index < -0.39 is 29.3 Å². The van der Waals surface area contributed by atoms with E-state index in [4.69, 9.17) is 9.47 Å². The second-order valence-corrected chi connectivity index (χ2v) is 9.02. The standard InChI is InChI=1S/C27H21FN2O5S/c1-3-35-19-12-13-20-21(14-19)36-27(29-20)30-23(15-6-10-18(34-2)11-7-15)22(25(32)26(30)33)24(31)16-4-8-17(28)9-5-16/h4-14,23,31H,3H2,1-2H3/b24-22+/t23-/m1/s1. The zero-order valence-electron chi connectivity index (χ0n) is 19.4. The van der Waals surface area contributed by atoms with Gasteiger partial charge in [0.25, 0.3) is 5.78 Å². The van der Waals surface area contributed by atoms with Crippen LogP contribution in [0.25, 0.3) is 16.0 Å². The third-order valence-corrected chi connectivity index (χ3v) is 6.88. The molecule has 1 fully saturated rings. The molecule has 36 heavy (non-hydrogen) atoms. The van der Waals surface area contributed by atoms with Gasteiger partial charge in [0.1, 0.15) is 23.1 Å².